The standard InChI is InChI=1S/C22H33N2Si.CH3.2ClH.Ti/c1-16(2)20-15-19-13-17-7-5-6-8-18(17)14-21(19)22(20)25(3,4)24-11-9-23-10-12-24;;;;/h5-8,13-14,16,19-22H,9-12,15H2,1-4H3;1H3;2*1H;/q2*-1;;;+2/p-2. The van der Waals surface area contributed by atoms with E-state index in [1.165, 1.54) is 29.9 Å². The van der Waals surface area contributed by atoms with E-state index in [0.717, 1.165) is 42.3 Å². The number of hydrogen-bond acceptors (Lipinski definition) is 1. The van der Waals surface area contributed by atoms with Crippen molar-refractivity contribution >= 4 is 39.0 Å². The van der Waals surface area contributed by atoms with Gasteiger partial charge in [0, 0.05) is 0 Å². The molecule has 1 heterocycles. The molecule has 0 bridgehead atoms. The van der Waals surface area contributed by atoms with Crippen molar-refractivity contribution in [3.8, 4) is 0 Å². The first kappa shape index (κ1) is 25.7. The van der Waals surface area contributed by atoms with Gasteiger partial charge in [-0.05, 0) is 59.2 Å². The van der Waals surface area contributed by atoms with Gasteiger partial charge in [0.05, 0.1) is 0 Å². The fourth-order valence-electron chi connectivity index (χ4n) is 5.90. The van der Waals surface area contributed by atoms with Gasteiger partial charge in [-0.3, -0.25) is 0 Å². The van der Waals surface area contributed by atoms with Crippen LogP contribution in [0.1, 0.15) is 20.3 Å². The number of fused-ring (bicyclic) bond motifs is 2. The van der Waals surface area contributed by atoms with Crippen molar-refractivity contribution in [1.82, 2.24) is 4.57 Å². The van der Waals surface area contributed by atoms with Crippen molar-refractivity contribution in [3.63, 3.8) is 0 Å². The maximum absolute atomic E-state index is 4.89. The van der Waals surface area contributed by atoms with Gasteiger partial charge in [0.15, 0.2) is 0 Å². The molecule has 1 aliphatic heterocycles. The van der Waals surface area contributed by atoms with Crippen molar-refractivity contribution in [1.29, 1.82) is 0 Å². The zero-order valence-electron chi connectivity index (χ0n) is 18.5. The third-order valence-corrected chi connectivity index (χ3v) is 11.7. The summed E-state index contributed by atoms with van der Waals surface area (Å²) in [7, 11) is 8.28. The van der Waals surface area contributed by atoms with Gasteiger partial charge in [-0.2, -0.15) is 0 Å². The molecule has 162 valence electrons. The fourth-order valence-corrected chi connectivity index (χ4v) is 10.5. The van der Waals surface area contributed by atoms with Crippen LogP contribution in [0.15, 0.2) is 24.3 Å². The Labute approximate surface area is 195 Å². The summed E-state index contributed by atoms with van der Waals surface area (Å²) in [6, 6.07) is 9.00. The van der Waals surface area contributed by atoms with Crippen LogP contribution in [-0.4, -0.2) is 39.0 Å². The van der Waals surface area contributed by atoms with Gasteiger partial charge in [0.1, 0.15) is 8.24 Å². The molecular formula is C23H36Cl2N2SiTi-2. The van der Waals surface area contributed by atoms with Gasteiger partial charge in [-0.25, -0.2) is 0 Å². The zero-order chi connectivity index (χ0) is 20.3. The zero-order valence-corrected chi connectivity index (χ0v) is 22.6. The molecule has 0 spiro atoms. The summed E-state index contributed by atoms with van der Waals surface area (Å²) in [6.45, 7) is 14.7. The fraction of sp³-hybridized carbons (Fsp3) is 0.609. The van der Waals surface area contributed by atoms with Crippen molar-refractivity contribution in [3.05, 3.63) is 47.4 Å². The molecule has 29 heavy (non-hydrogen) atoms. The van der Waals surface area contributed by atoms with E-state index < -0.39 is 25.3 Å². The Kier molecular flexibility index (Phi) is 10.0. The summed E-state index contributed by atoms with van der Waals surface area (Å²) >= 11 is -0.556. The molecule has 6 heteroatoms. The molecule has 4 rings (SSSR count). The minimum absolute atomic E-state index is 0. The van der Waals surface area contributed by atoms with Crippen LogP contribution in [0.3, 0.4) is 0 Å². The van der Waals surface area contributed by atoms with E-state index in [-0.39, 0.29) is 7.43 Å². The molecule has 1 saturated heterocycles. The van der Waals surface area contributed by atoms with E-state index in [4.69, 9.17) is 18.6 Å². The molecule has 1 aromatic carbocycles. The molecule has 2 fully saturated rings. The topological polar surface area (TPSA) is 17.3 Å². The van der Waals surface area contributed by atoms with Crippen LogP contribution in [0.2, 0.25) is 18.6 Å². The van der Waals surface area contributed by atoms with Gasteiger partial charge in [0.25, 0.3) is 0 Å². The van der Waals surface area contributed by atoms with Crippen LogP contribution < -0.4 is 10.4 Å². The summed E-state index contributed by atoms with van der Waals surface area (Å²) in [5, 5.41) is 7.53. The monoisotopic (exact) mass is 486 g/mol. The number of halogens is 2. The molecule has 0 radical (unpaired) electrons. The third-order valence-electron chi connectivity index (χ3n) is 7.22. The summed E-state index contributed by atoms with van der Waals surface area (Å²) in [5.41, 5.74) is 0.861. The number of nitrogens with zero attached hydrogens (tertiary/aromatic N) is 2. The number of hydrogen-bond donors (Lipinski definition) is 0. The first-order chi connectivity index (χ1) is 13.4. The second-order valence-corrected chi connectivity index (χ2v) is 16.4. The summed E-state index contributed by atoms with van der Waals surface area (Å²) in [4.78, 5) is 0. The predicted octanol–water partition coefficient (Wildman–Crippen LogP) is 5.26. The molecular weight excluding hydrogens is 451 g/mol. The van der Waals surface area contributed by atoms with E-state index in [1.807, 2.05) is 0 Å². The van der Waals surface area contributed by atoms with Crippen LogP contribution >= 0.6 is 18.6 Å². The second kappa shape index (κ2) is 11.3. The molecule has 0 amide bonds. The molecule has 3 aliphatic rings. The average Bonchev–Trinajstić information content (AvgIpc) is 3.07. The van der Waals surface area contributed by atoms with E-state index >= 15 is 0 Å². The number of rotatable bonds is 3. The normalized spacial score (nSPS) is 28.7. The SMILES string of the molecule is CC(C)C1CC2C=c3ccccc3=CC2C1[Si](C)(C)N1CC[N-]CC1.[CH3-].[Cl][Ti][Cl]. The molecule has 2 aliphatic carbocycles. The molecule has 1 aromatic rings. The molecule has 4 atom stereocenters. The Hall–Kier alpha value is 0.391. The van der Waals surface area contributed by atoms with Gasteiger partial charge in [-0.15, -0.1) is 13.1 Å². The Morgan fingerprint density at radius 2 is 1.62 bits per heavy atom. The summed E-state index contributed by atoms with van der Waals surface area (Å²) in [6.07, 6.45) is 6.63. The second-order valence-electron chi connectivity index (χ2n) is 9.26. The van der Waals surface area contributed by atoms with Crippen molar-refractivity contribution in [2.45, 2.75) is 38.9 Å². The Balaban J connectivity index is 0.000000708. The van der Waals surface area contributed by atoms with Crippen molar-refractivity contribution < 1.29 is 17.0 Å². The maximum atomic E-state index is 4.89. The summed E-state index contributed by atoms with van der Waals surface area (Å²) < 4.78 is 2.87. The predicted molar refractivity (Wildman–Crippen MR) is 129 cm³/mol. The number of piperazine rings is 1. The van der Waals surface area contributed by atoms with Crippen LogP contribution in [0, 0.1) is 31.1 Å². The molecule has 4 unspecified atom stereocenters. The van der Waals surface area contributed by atoms with E-state index in [1.54, 1.807) is 0 Å². The van der Waals surface area contributed by atoms with Crippen LogP contribution in [-0.2, 0) is 17.0 Å². The van der Waals surface area contributed by atoms with Gasteiger partial charge in [-0.1, -0.05) is 63.4 Å². The van der Waals surface area contributed by atoms with Crippen LogP contribution in [0.25, 0.3) is 17.5 Å². The van der Waals surface area contributed by atoms with E-state index in [0.29, 0.717) is 0 Å². The van der Waals surface area contributed by atoms with Crippen LogP contribution in [0.4, 0.5) is 0 Å². The van der Waals surface area contributed by atoms with Gasteiger partial charge >= 0.3 is 35.6 Å². The van der Waals surface area contributed by atoms with Crippen molar-refractivity contribution in [2.24, 2.45) is 23.7 Å². The van der Waals surface area contributed by atoms with E-state index in [2.05, 4.69) is 73.2 Å². The average molecular weight is 487 g/mol. The Morgan fingerprint density at radius 3 is 2.17 bits per heavy atom. The Morgan fingerprint density at radius 1 is 1.07 bits per heavy atom. The molecule has 1 saturated carbocycles. The molecule has 0 aromatic heterocycles. The third kappa shape index (κ3) is 5.61. The number of benzene rings is 1. The molecule has 0 N–H and O–H groups in total. The van der Waals surface area contributed by atoms with Gasteiger partial charge < -0.3 is 17.3 Å². The van der Waals surface area contributed by atoms with Crippen LogP contribution in [0.5, 0.6) is 0 Å². The first-order valence-corrected chi connectivity index (χ1v) is 17.9. The van der Waals surface area contributed by atoms with Crippen molar-refractivity contribution in [2.75, 3.05) is 26.2 Å². The summed E-state index contributed by atoms with van der Waals surface area (Å²) in [5.74, 6) is 3.12. The van der Waals surface area contributed by atoms with Gasteiger partial charge in [0.2, 0.25) is 0 Å². The van der Waals surface area contributed by atoms with E-state index in [9.17, 15) is 0 Å². The molecule has 2 nitrogen and oxygen atoms in total. The first-order valence-electron chi connectivity index (χ1n) is 10.5. The minimum atomic E-state index is -1.50. The quantitative estimate of drug-likeness (QED) is 0.420. The Bertz CT molecular complexity index is 764.